The van der Waals surface area contributed by atoms with Crippen molar-refractivity contribution in [3.63, 3.8) is 0 Å². The van der Waals surface area contributed by atoms with Gasteiger partial charge in [-0.2, -0.15) is 4.31 Å². The van der Waals surface area contributed by atoms with Crippen molar-refractivity contribution in [3.05, 3.63) is 53.8 Å². The molecule has 1 heterocycles. The molecule has 0 bridgehead atoms. The van der Waals surface area contributed by atoms with Crippen LogP contribution in [-0.4, -0.2) is 52.0 Å². The standard InChI is InChI=1S/C26H36FN3O4S/c1-26(2,3)16-25(31)28-21-10-13-24(29(4)5)19(15-21)17-30(18-22-7-6-14-34-22)35(32,33)23-11-8-20(27)9-12-23/h8-13,15,22H,6-7,14,16-18H2,1-5H3,(H,28,31)/t22-/m0/s1. The second-order valence-corrected chi connectivity index (χ2v) is 12.3. The van der Waals surface area contributed by atoms with Gasteiger partial charge in [0.25, 0.3) is 0 Å². The summed E-state index contributed by atoms with van der Waals surface area (Å²) in [6, 6.07) is 10.4. The number of rotatable bonds is 9. The number of benzene rings is 2. The molecule has 0 radical (unpaired) electrons. The van der Waals surface area contributed by atoms with E-state index in [1.165, 1.54) is 16.4 Å². The Labute approximate surface area is 208 Å². The number of carbonyl (C=O) groups excluding carboxylic acids is 1. The lowest BCUT2D eigenvalue weighted by Crippen LogP contribution is -2.37. The highest BCUT2D eigenvalue weighted by molar-refractivity contribution is 7.89. The number of carbonyl (C=O) groups is 1. The van der Waals surface area contributed by atoms with Gasteiger partial charge in [0.05, 0.1) is 11.0 Å². The van der Waals surface area contributed by atoms with E-state index in [4.69, 9.17) is 4.74 Å². The van der Waals surface area contributed by atoms with Crippen LogP contribution in [0.25, 0.3) is 0 Å². The van der Waals surface area contributed by atoms with E-state index in [0.717, 1.165) is 36.2 Å². The molecule has 35 heavy (non-hydrogen) atoms. The molecule has 9 heteroatoms. The molecule has 0 aromatic heterocycles. The third kappa shape index (κ3) is 7.49. The van der Waals surface area contributed by atoms with Gasteiger partial charge in [-0.3, -0.25) is 4.79 Å². The maximum atomic E-state index is 13.6. The molecule has 1 atom stereocenters. The Kier molecular flexibility index (Phi) is 8.56. The van der Waals surface area contributed by atoms with Crippen molar-refractivity contribution in [1.82, 2.24) is 4.31 Å². The molecule has 2 aromatic rings. The number of nitrogens with one attached hydrogen (secondary N) is 1. The minimum atomic E-state index is -3.93. The summed E-state index contributed by atoms with van der Waals surface area (Å²) in [4.78, 5) is 14.4. The maximum Gasteiger partial charge on any atom is 0.243 e. The number of anilines is 2. The zero-order valence-electron chi connectivity index (χ0n) is 21.2. The van der Waals surface area contributed by atoms with Crippen molar-refractivity contribution < 1.29 is 22.3 Å². The predicted molar refractivity (Wildman–Crippen MR) is 136 cm³/mol. The average molecular weight is 506 g/mol. The molecule has 1 amide bonds. The van der Waals surface area contributed by atoms with Gasteiger partial charge in [0, 0.05) is 51.6 Å². The second-order valence-electron chi connectivity index (χ2n) is 10.4. The molecule has 3 rings (SSSR count). The third-order valence-electron chi connectivity index (χ3n) is 5.77. The Bertz CT molecular complexity index is 1120. The van der Waals surface area contributed by atoms with E-state index < -0.39 is 15.8 Å². The van der Waals surface area contributed by atoms with E-state index in [2.05, 4.69) is 5.32 Å². The summed E-state index contributed by atoms with van der Waals surface area (Å²) in [5.74, 6) is -0.598. The van der Waals surface area contributed by atoms with Gasteiger partial charge in [-0.1, -0.05) is 20.8 Å². The maximum absolute atomic E-state index is 13.6. The normalized spacial score (nSPS) is 16.5. The third-order valence-corrected chi connectivity index (χ3v) is 7.59. The topological polar surface area (TPSA) is 79.0 Å². The van der Waals surface area contributed by atoms with E-state index in [1.54, 1.807) is 0 Å². The van der Waals surface area contributed by atoms with Crippen molar-refractivity contribution in [2.24, 2.45) is 5.41 Å². The van der Waals surface area contributed by atoms with Crippen molar-refractivity contribution in [1.29, 1.82) is 0 Å². The molecule has 1 aliphatic heterocycles. The van der Waals surface area contributed by atoms with Crippen LogP contribution in [0.2, 0.25) is 0 Å². The van der Waals surface area contributed by atoms with Crippen LogP contribution in [0.4, 0.5) is 15.8 Å². The fourth-order valence-electron chi connectivity index (χ4n) is 4.12. The van der Waals surface area contributed by atoms with E-state index >= 15 is 0 Å². The van der Waals surface area contributed by atoms with Gasteiger partial charge in [0.2, 0.25) is 15.9 Å². The Morgan fingerprint density at radius 2 is 1.83 bits per heavy atom. The molecule has 1 N–H and O–H groups in total. The summed E-state index contributed by atoms with van der Waals surface area (Å²) in [6.07, 6.45) is 1.82. The first-order valence-electron chi connectivity index (χ1n) is 11.8. The Morgan fingerprint density at radius 1 is 1.14 bits per heavy atom. The number of hydrogen-bond acceptors (Lipinski definition) is 5. The SMILES string of the molecule is CN(C)c1ccc(NC(=O)CC(C)(C)C)cc1CN(C[C@@H]1CCCO1)S(=O)(=O)c1ccc(F)cc1. The minimum absolute atomic E-state index is 0.0259. The van der Waals surface area contributed by atoms with Gasteiger partial charge < -0.3 is 15.0 Å². The lowest BCUT2D eigenvalue weighted by Gasteiger charge is -2.27. The monoisotopic (exact) mass is 505 g/mol. The first-order valence-corrected chi connectivity index (χ1v) is 13.3. The highest BCUT2D eigenvalue weighted by Gasteiger charge is 2.30. The summed E-state index contributed by atoms with van der Waals surface area (Å²) in [5, 5.41) is 2.94. The molecule has 7 nitrogen and oxygen atoms in total. The number of sulfonamides is 1. The zero-order valence-corrected chi connectivity index (χ0v) is 22.0. The molecular weight excluding hydrogens is 469 g/mol. The first kappa shape index (κ1) is 27.1. The summed E-state index contributed by atoms with van der Waals surface area (Å²) >= 11 is 0. The van der Waals surface area contributed by atoms with Crippen LogP contribution in [0, 0.1) is 11.2 Å². The quantitative estimate of drug-likeness (QED) is 0.537. The van der Waals surface area contributed by atoms with Crippen molar-refractivity contribution in [3.8, 4) is 0 Å². The molecule has 2 aromatic carbocycles. The van der Waals surface area contributed by atoms with Crippen molar-refractivity contribution in [2.45, 2.75) is 57.6 Å². The Morgan fingerprint density at radius 3 is 2.40 bits per heavy atom. The van der Waals surface area contributed by atoms with Gasteiger partial charge in [0.1, 0.15) is 5.82 Å². The Balaban J connectivity index is 1.95. The zero-order chi connectivity index (χ0) is 25.8. The molecule has 0 aliphatic carbocycles. The van der Waals surface area contributed by atoms with Gasteiger partial charge in [-0.25, -0.2) is 12.8 Å². The summed E-state index contributed by atoms with van der Waals surface area (Å²) < 4.78 is 47.8. The van der Waals surface area contributed by atoms with Crippen LogP contribution in [0.5, 0.6) is 0 Å². The smallest absolute Gasteiger partial charge is 0.243 e. The molecule has 0 unspecified atom stereocenters. The lowest BCUT2D eigenvalue weighted by atomic mass is 9.92. The van der Waals surface area contributed by atoms with Crippen LogP contribution in [0.15, 0.2) is 47.4 Å². The number of nitrogens with zero attached hydrogens (tertiary/aromatic N) is 2. The van der Waals surface area contributed by atoms with Crippen molar-refractivity contribution >= 4 is 27.3 Å². The van der Waals surface area contributed by atoms with Gasteiger partial charge >= 0.3 is 0 Å². The van der Waals surface area contributed by atoms with Gasteiger partial charge in [-0.15, -0.1) is 0 Å². The van der Waals surface area contributed by atoms with E-state index in [1.807, 2.05) is 58.0 Å². The highest BCUT2D eigenvalue weighted by Crippen LogP contribution is 2.29. The highest BCUT2D eigenvalue weighted by atomic mass is 32.2. The fraction of sp³-hybridized carbons (Fsp3) is 0.500. The Hall–Kier alpha value is -2.49. The lowest BCUT2D eigenvalue weighted by molar-refractivity contribution is -0.117. The number of ether oxygens (including phenoxy) is 1. The van der Waals surface area contributed by atoms with E-state index in [9.17, 15) is 17.6 Å². The molecule has 1 saturated heterocycles. The minimum Gasteiger partial charge on any atom is -0.377 e. The fourth-order valence-corrected chi connectivity index (χ4v) is 5.57. The predicted octanol–water partition coefficient (Wildman–Crippen LogP) is 4.64. The van der Waals surface area contributed by atoms with E-state index in [0.29, 0.717) is 18.7 Å². The van der Waals surface area contributed by atoms with Gasteiger partial charge in [-0.05, 0) is 66.3 Å². The largest absolute Gasteiger partial charge is 0.377 e. The molecule has 1 fully saturated rings. The summed E-state index contributed by atoms with van der Waals surface area (Å²) in [5.41, 5.74) is 2.03. The molecule has 192 valence electrons. The number of halogens is 1. The first-order chi connectivity index (χ1) is 16.3. The molecule has 0 spiro atoms. The van der Waals surface area contributed by atoms with Crippen molar-refractivity contribution in [2.75, 3.05) is 37.5 Å². The van der Waals surface area contributed by atoms with Crippen LogP contribution in [0.1, 0.15) is 45.6 Å². The van der Waals surface area contributed by atoms with Crippen LogP contribution < -0.4 is 10.2 Å². The van der Waals surface area contributed by atoms with Crippen LogP contribution >= 0.6 is 0 Å². The molecular formula is C26H36FN3O4S. The average Bonchev–Trinajstić information content (AvgIpc) is 3.25. The second kappa shape index (κ2) is 11.1. The number of hydrogen-bond donors (Lipinski definition) is 1. The summed E-state index contributed by atoms with van der Waals surface area (Å²) in [6.45, 7) is 6.86. The summed E-state index contributed by atoms with van der Waals surface area (Å²) in [7, 11) is -0.156. The van der Waals surface area contributed by atoms with E-state index in [-0.39, 0.29) is 35.4 Å². The van der Waals surface area contributed by atoms with Crippen LogP contribution in [-0.2, 0) is 26.1 Å². The van der Waals surface area contributed by atoms with Gasteiger partial charge in [0.15, 0.2) is 0 Å². The molecule has 1 aliphatic rings. The van der Waals surface area contributed by atoms with Crippen LogP contribution in [0.3, 0.4) is 0 Å². The number of amides is 1. The molecule has 0 saturated carbocycles.